The van der Waals surface area contributed by atoms with Gasteiger partial charge in [0.25, 0.3) is 5.91 Å². The van der Waals surface area contributed by atoms with Crippen molar-refractivity contribution in [2.75, 3.05) is 51.3 Å². The van der Waals surface area contributed by atoms with Crippen LogP contribution in [0.15, 0.2) is 24.5 Å². The van der Waals surface area contributed by atoms with Gasteiger partial charge in [-0.25, -0.2) is 27.1 Å². The van der Waals surface area contributed by atoms with Crippen molar-refractivity contribution >= 4 is 21.7 Å². The average Bonchev–Trinajstić information content (AvgIpc) is 3.01. The Hall–Kier alpha value is -2.67. The molecule has 3 aliphatic rings. The van der Waals surface area contributed by atoms with E-state index in [1.54, 1.807) is 26.1 Å². The summed E-state index contributed by atoms with van der Waals surface area (Å²) in [6, 6.07) is 5.77. The summed E-state index contributed by atoms with van der Waals surface area (Å²) >= 11 is 0. The lowest BCUT2D eigenvalue weighted by Gasteiger charge is -2.43. The van der Waals surface area contributed by atoms with E-state index < -0.39 is 10.0 Å². The molecule has 3 saturated heterocycles. The van der Waals surface area contributed by atoms with Crippen LogP contribution in [0, 0.1) is 19.7 Å². The van der Waals surface area contributed by atoms with Gasteiger partial charge in [-0.1, -0.05) is 12.1 Å². The topological polar surface area (TPSA) is 108 Å². The van der Waals surface area contributed by atoms with Crippen molar-refractivity contribution in [3.63, 3.8) is 0 Å². The van der Waals surface area contributed by atoms with Crippen molar-refractivity contribution in [1.82, 2.24) is 24.1 Å². The van der Waals surface area contributed by atoms with Gasteiger partial charge in [0, 0.05) is 44.3 Å². The largest absolute Gasteiger partial charge is 0.368 e. The van der Waals surface area contributed by atoms with E-state index in [0.29, 0.717) is 42.8 Å². The number of nitrogens with zero attached hydrogens (tertiary/aromatic N) is 5. The molecule has 1 aromatic heterocycles. The molecule has 10 nitrogen and oxygen atoms in total. The molecule has 2 atom stereocenters. The summed E-state index contributed by atoms with van der Waals surface area (Å²) in [5.74, 6) is 0.339. The number of rotatable bonds is 8. The van der Waals surface area contributed by atoms with Crippen LogP contribution in [0.4, 0.5) is 10.2 Å². The lowest BCUT2D eigenvalue weighted by molar-refractivity contribution is -0.0443. The maximum atomic E-state index is 14.1. The van der Waals surface area contributed by atoms with Gasteiger partial charge in [0.05, 0.1) is 18.5 Å². The fourth-order valence-electron chi connectivity index (χ4n) is 6.63. The van der Waals surface area contributed by atoms with Crippen LogP contribution < -0.4 is 5.32 Å². The first-order chi connectivity index (χ1) is 20.5. The summed E-state index contributed by atoms with van der Waals surface area (Å²) in [6.07, 6.45) is 8.70. The minimum Gasteiger partial charge on any atom is -0.368 e. The van der Waals surface area contributed by atoms with Crippen LogP contribution in [-0.4, -0.2) is 103 Å². The van der Waals surface area contributed by atoms with Crippen LogP contribution in [-0.2, 0) is 14.8 Å². The molecule has 4 heterocycles. The number of amides is 1. The summed E-state index contributed by atoms with van der Waals surface area (Å²) in [5, 5.41) is 3.38. The number of aromatic nitrogens is 2. The zero-order valence-electron chi connectivity index (χ0n) is 25.8. The van der Waals surface area contributed by atoms with Crippen molar-refractivity contribution in [2.45, 2.75) is 83.1 Å². The summed E-state index contributed by atoms with van der Waals surface area (Å²) < 4.78 is 45.8. The first-order valence-corrected chi connectivity index (χ1v) is 17.3. The Balaban J connectivity index is 1.12. The second-order valence-electron chi connectivity index (χ2n) is 12.3. The van der Waals surface area contributed by atoms with Crippen molar-refractivity contribution in [3.8, 4) is 0 Å². The van der Waals surface area contributed by atoms with E-state index in [-0.39, 0.29) is 30.0 Å². The summed E-state index contributed by atoms with van der Waals surface area (Å²) in [4.78, 5) is 26.6. The summed E-state index contributed by atoms with van der Waals surface area (Å²) in [7, 11) is -1.51. The first-order valence-electron chi connectivity index (χ1n) is 15.4. The van der Waals surface area contributed by atoms with Crippen LogP contribution in [0.1, 0.15) is 78.2 Å². The zero-order chi connectivity index (χ0) is 30.7. The van der Waals surface area contributed by atoms with Gasteiger partial charge < -0.3 is 19.9 Å². The molecular weight excluding hydrogens is 571 g/mol. The molecule has 0 bridgehead atoms. The van der Waals surface area contributed by atoms with Crippen molar-refractivity contribution in [2.24, 2.45) is 0 Å². The molecule has 2 aromatic rings. The Kier molecular flexibility index (Phi) is 10.00. The quantitative estimate of drug-likeness (QED) is 0.476. The molecule has 3 fully saturated rings. The van der Waals surface area contributed by atoms with Gasteiger partial charge in [-0.2, -0.15) is 0 Å². The highest BCUT2D eigenvalue weighted by Crippen LogP contribution is 2.32. The Morgan fingerprint density at radius 1 is 1.07 bits per heavy atom. The number of halogens is 1. The van der Waals surface area contributed by atoms with Crippen LogP contribution in [0.2, 0.25) is 0 Å². The van der Waals surface area contributed by atoms with Crippen LogP contribution in [0.5, 0.6) is 0 Å². The molecule has 0 radical (unpaired) electrons. The highest BCUT2D eigenvalue weighted by Gasteiger charge is 2.33. The smallest absolute Gasteiger partial charge is 0.272 e. The fourth-order valence-corrected chi connectivity index (χ4v) is 7.38. The van der Waals surface area contributed by atoms with Gasteiger partial charge in [0.1, 0.15) is 23.7 Å². The Bertz CT molecular complexity index is 1390. The van der Waals surface area contributed by atoms with Crippen molar-refractivity contribution in [1.29, 1.82) is 0 Å². The number of hydrogen-bond donors (Lipinski definition) is 1. The number of aryl methyl sites for hydroxylation is 1. The highest BCUT2D eigenvalue weighted by atomic mass is 32.2. The molecule has 0 aliphatic carbocycles. The summed E-state index contributed by atoms with van der Waals surface area (Å²) in [5.41, 5.74) is 2.63. The van der Waals surface area contributed by atoms with E-state index >= 15 is 0 Å². The van der Waals surface area contributed by atoms with Crippen LogP contribution in [0.25, 0.3) is 0 Å². The van der Waals surface area contributed by atoms with Gasteiger partial charge in [-0.15, -0.1) is 0 Å². The fraction of sp³-hybridized carbons (Fsp3) is 0.645. The van der Waals surface area contributed by atoms with Crippen LogP contribution in [0.3, 0.4) is 0 Å². The Labute approximate surface area is 255 Å². The maximum Gasteiger partial charge on any atom is 0.272 e. The lowest BCUT2D eigenvalue weighted by atomic mass is 9.97. The number of carbonyl (C=O) groups excluding carboxylic acids is 1. The molecule has 2 unspecified atom stereocenters. The van der Waals surface area contributed by atoms with Crippen LogP contribution >= 0.6 is 0 Å². The van der Waals surface area contributed by atoms with E-state index in [0.717, 1.165) is 69.2 Å². The van der Waals surface area contributed by atoms with E-state index in [9.17, 15) is 17.6 Å². The minimum atomic E-state index is -3.18. The van der Waals surface area contributed by atoms with E-state index in [4.69, 9.17) is 4.74 Å². The van der Waals surface area contributed by atoms with Gasteiger partial charge >= 0.3 is 0 Å². The molecule has 236 valence electrons. The number of hydrogen-bond acceptors (Lipinski definition) is 8. The Morgan fingerprint density at radius 2 is 1.79 bits per heavy atom. The number of nitrogens with one attached hydrogen (secondary N) is 1. The molecule has 0 spiro atoms. The number of ether oxygens (including phenoxy) is 1. The molecule has 1 amide bonds. The molecule has 1 aromatic carbocycles. The third-order valence-electron chi connectivity index (χ3n) is 9.51. The average molecular weight is 617 g/mol. The molecule has 3 aliphatic heterocycles. The SMILES string of the molecule is Cc1ccc(C2CCCC(CNc3ncnc(C(=O)N4CCC(N5CCC(N(C)S(C)(=O)=O)CC5)CC4)c3C)O2)cc1F. The standard InChI is InChI=1S/C31H45FN6O4S/c1-21-8-9-23(18-27(21)32)28-7-5-6-26(42-28)19-33-30-22(2)29(34-20-35-30)31(39)38-16-12-25(13-17-38)37-14-10-24(11-15-37)36(3)43(4,40)41/h8-9,18,20,24-26,28H,5-7,10-17,19H2,1-4H3,(H,33,34,35). The lowest BCUT2D eigenvalue weighted by Crippen LogP contribution is -2.52. The zero-order valence-corrected chi connectivity index (χ0v) is 26.6. The third kappa shape index (κ3) is 7.53. The molecule has 43 heavy (non-hydrogen) atoms. The molecule has 12 heteroatoms. The van der Waals surface area contributed by atoms with Gasteiger partial charge in [0.2, 0.25) is 10.0 Å². The summed E-state index contributed by atoms with van der Waals surface area (Å²) in [6.45, 7) is 7.24. The normalized spacial score (nSPS) is 23.1. The number of anilines is 1. The number of sulfonamides is 1. The Morgan fingerprint density at radius 3 is 2.47 bits per heavy atom. The number of carbonyl (C=O) groups is 1. The third-order valence-corrected chi connectivity index (χ3v) is 10.8. The second kappa shape index (κ2) is 13.5. The molecule has 5 rings (SSSR count). The minimum absolute atomic E-state index is 0.0486. The van der Waals surface area contributed by atoms with Gasteiger partial charge in [-0.3, -0.25) is 4.79 Å². The predicted molar refractivity (Wildman–Crippen MR) is 164 cm³/mol. The highest BCUT2D eigenvalue weighted by molar-refractivity contribution is 7.88. The number of likely N-dealkylation sites (tertiary alicyclic amines) is 2. The molecular formula is C31H45FN6O4S. The van der Waals surface area contributed by atoms with Gasteiger partial charge in [-0.05, 0) is 89.1 Å². The maximum absolute atomic E-state index is 14.1. The molecule has 0 saturated carbocycles. The predicted octanol–water partition coefficient (Wildman–Crippen LogP) is 3.92. The molecule has 1 N–H and O–H groups in total. The van der Waals surface area contributed by atoms with Crippen molar-refractivity contribution < 1.29 is 22.3 Å². The first kappa shape index (κ1) is 31.7. The van der Waals surface area contributed by atoms with E-state index in [2.05, 4.69) is 20.2 Å². The van der Waals surface area contributed by atoms with Crippen molar-refractivity contribution in [3.05, 3.63) is 52.7 Å². The monoisotopic (exact) mass is 616 g/mol. The number of piperidine rings is 2. The number of benzene rings is 1. The second-order valence-corrected chi connectivity index (χ2v) is 14.4. The van der Waals surface area contributed by atoms with Gasteiger partial charge in [0.15, 0.2) is 0 Å². The van der Waals surface area contributed by atoms with E-state index in [1.807, 2.05) is 17.9 Å². The van der Waals surface area contributed by atoms with E-state index in [1.165, 1.54) is 16.9 Å².